The standard InChI is InChI=1S/C37H36FN7O3S/c1-37(2,3)48-36(46)44-10-4-5-28(44)34-41-17-26(43-34)21-8-9-27-23(12-21)14-29-33-24(38)13-22(25-16-39-19-42-25)15-30(33)47-35(45(27)29)31-18-40-32(49-31)11-20-6-7-20/h8-9,12-20,28,35H,4-7,10-11H2,1-3H3,(H,39,42)(H,41,43). The first-order valence-corrected chi connectivity index (χ1v) is 17.6. The Kier molecular flexibility index (Phi) is 6.94. The van der Waals surface area contributed by atoms with Gasteiger partial charge in [0.25, 0.3) is 0 Å². The van der Waals surface area contributed by atoms with Gasteiger partial charge in [0.05, 0.1) is 62.8 Å². The van der Waals surface area contributed by atoms with Crippen LogP contribution in [0.15, 0.2) is 61.3 Å². The molecule has 0 radical (unpaired) electrons. The van der Waals surface area contributed by atoms with Gasteiger partial charge in [0, 0.05) is 35.7 Å². The summed E-state index contributed by atoms with van der Waals surface area (Å²) in [4.78, 5) is 35.8. The number of H-pyrrole nitrogens is 2. The predicted molar refractivity (Wildman–Crippen MR) is 185 cm³/mol. The van der Waals surface area contributed by atoms with E-state index in [0.29, 0.717) is 29.1 Å². The summed E-state index contributed by atoms with van der Waals surface area (Å²) in [5.74, 6) is 1.57. The monoisotopic (exact) mass is 677 g/mol. The zero-order chi connectivity index (χ0) is 33.4. The second-order valence-corrected chi connectivity index (χ2v) is 15.4. The Morgan fingerprint density at radius 3 is 2.73 bits per heavy atom. The highest BCUT2D eigenvalue weighted by molar-refractivity contribution is 7.11. The number of halogens is 1. The number of nitrogens with one attached hydrogen (secondary N) is 2. The van der Waals surface area contributed by atoms with Crippen molar-refractivity contribution >= 4 is 28.3 Å². The molecule has 6 heterocycles. The minimum absolute atomic E-state index is 0.178. The molecule has 2 atom stereocenters. The molecule has 1 saturated carbocycles. The van der Waals surface area contributed by atoms with E-state index in [9.17, 15) is 4.79 Å². The molecular formula is C37H36FN7O3S. The Balaban J connectivity index is 1.10. The fourth-order valence-corrected chi connectivity index (χ4v) is 8.10. The molecule has 0 bridgehead atoms. The van der Waals surface area contributed by atoms with Crippen LogP contribution >= 0.6 is 11.3 Å². The van der Waals surface area contributed by atoms with Crippen LogP contribution in [0.25, 0.3) is 44.7 Å². The van der Waals surface area contributed by atoms with Crippen molar-refractivity contribution in [1.29, 1.82) is 0 Å². The van der Waals surface area contributed by atoms with Crippen LogP contribution in [0.3, 0.4) is 0 Å². The minimum atomic E-state index is -0.570. The molecule has 2 aliphatic heterocycles. The molecule has 2 unspecified atom stereocenters. The van der Waals surface area contributed by atoms with Crippen LogP contribution in [0.5, 0.6) is 5.75 Å². The van der Waals surface area contributed by atoms with Gasteiger partial charge in [-0.05, 0) is 82.7 Å². The molecule has 2 fully saturated rings. The number of likely N-dealkylation sites (tertiary alicyclic amines) is 1. The third kappa shape index (κ3) is 5.47. The van der Waals surface area contributed by atoms with Crippen LogP contribution in [-0.2, 0) is 11.2 Å². The maximum atomic E-state index is 16.1. The Bertz CT molecular complexity index is 2210. The van der Waals surface area contributed by atoms with Crippen molar-refractivity contribution in [2.24, 2.45) is 5.92 Å². The topological polar surface area (TPSA) is 114 Å². The molecule has 1 saturated heterocycles. The van der Waals surface area contributed by atoms with E-state index in [1.54, 1.807) is 28.8 Å². The number of ether oxygens (including phenoxy) is 2. The minimum Gasteiger partial charge on any atom is -0.464 e. The summed E-state index contributed by atoms with van der Waals surface area (Å²) in [6, 6.07) is 11.5. The van der Waals surface area contributed by atoms with Gasteiger partial charge in [0.2, 0.25) is 6.23 Å². The number of hydrogen-bond donors (Lipinski definition) is 2. The Labute approximate surface area is 286 Å². The Hall–Kier alpha value is -4.97. The van der Waals surface area contributed by atoms with Crippen LogP contribution in [-0.4, -0.2) is 52.6 Å². The quantitative estimate of drug-likeness (QED) is 0.182. The maximum Gasteiger partial charge on any atom is 0.410 e. The van der Waals surface area contributed by atoms with Crippen molar-refractivity contribution in [3.05, 3.63) is 82.8 Å². The number of fused-ring (bicyclic) bond motifs is 5. The summed E-state index contributed by atoms with van der Waals surface area (Å²) >= 11 is 1.67. The number of aromatic nitrogens is 6. The zero-order valence-corrected chi connectivity index (χ0v) is 28.3. The van der Waals surface area contributed by atoms with Gasteiger partial charge in [-0.25, -0.2) is 24.1 Å². The normalized spacial score (nSPS) is 18.8. The summed E-state index contributed by atoms with van der Waals surface area (Å²) in [6.07, 6.45) is 11.3. The van der Waals surface area contributed by atoms with Crippen molar-refractivity contribution in [3.63, 3.8) is 0 Å². The fraction of sp³-hybridized carbons (Fsp3) is 0.351. The van der Waals surface area contributed by atoms with Crippen LogP contribution in [0.2, 0.25) is 0 Å². The van der Waals surface area contributed by atoms with Crippen LogP contribution in [0.1, 0.15) is 74.4 Å². The van der Waals surface area contributed by atoms with E-state index < -0.39 is 11.8 Å². The Morgan fingerprint density at radius 2 is 1.94 bits per heavy atom. The van der Waals surface area contributed by atoms with Crippen molar-refractivity contribution in [2.75, 3.05) is 6.54 Å². The summed E-state index contributed by atoms with van der Waals surface area (Å²) in [5, 5.41) is 2.05. The predicted octanol–water partition coefficient (Wildman–Crippen LogP) is 8.65. The zero-order valence-electron chi connectivity index (χ0n) is 27.5. The molecule has 49 heavy (non-hydrogen) atoms. The average Bonchev–Trinajstić information content (AvgIpc) is 3.68. The lowest BCUT2D eigenvalue weighted by Gasteiger charge is -2.29. The lowest BCUT2D eigenvalue weighted by Crippen LogP contribution is -2.36. The van der Waals surface area contributed by atoms with E-state index in [-0.39, 0.29) is 18.0 Å². The van der Waals surface area contributed by atoms with Gasteiger partial charge >= 0.3 is 6.09 Å². The number of amides is 1. The van der Waals surface area contributed by atoms with Gasteiger partial charge in [0.15, 0.2) is 0 Å². The number of aromatic amines is 2. The number of rotatable bonds is 6. The third-order valence-electron chi connectivity index (χ3n) is 9.51. The van der Waals surface area contributed by atoms with Crippen molar-refractivity contribution in [3.8, 4) is 39.5 Å². The number of benzene rings is 2. The molecule has 2 N–H and O–H groups in total. The third-order valence-corrected chi connectivity index (χ3v) is 10.6. The van der Waals surface area contributed by atoms with Crippen LogP contribution in [0, 0.1) is 11.7 Å². The summed E-state index contributed by atoms with van der Waals surface area (Å²) in [7, 11) is 0. The van der Waals surface area contributed by atoms with Gasteiger partial charge < -0.3 is 19.4 Å². The van der Waals surface area contributed by atoms with Crippen LogP contribution in [0.4, 0.5) is 9.18 Å². The summed E-state index contributed by atoms with van der Waals surface area (Å²) in [5.41, 5.74) is 4.68. The number of imidazole rings is 2. The number of carbonyl (C=O) groups excluding carboxylic acids is 1. The first-order chi connectivity index (χ1) is 23.7. The molecule has 250 valence electrons. The van der Waals surface area contributed by atoms with Gasteiger partial charge in [-0.15, -0.1) is 11.3 Å². The van der Waals surface area contributed by atoms with Gasteiger partial charge in [-0.2, -0.15) is 0 Å². The molecular weight excluding hydrogens is 642 g/mol. The number of carbonyl (C=O) groups is 1. The molecule has 9 rings (SSSR count). The highest BCUT2D eigenvalue weighted by Gasteiger charge is 2.36. The van der Waals surface area contributed by atoms with E-state index in [4.69, 9.17) is 19.4 Å². The van der Waals surface area contributed by atoms with E-state index >= 15 is 4.39 Å². The molecule has 1 amide bonds. The molecule has 12 heteroatoms. The van der Waals surface area contributed by atoms with E-state index in [0.717, 1.165) is 68.7 Å². The molecule has 6 aromatic rings. The fourth-order valence-electron chi connectivity index (χ4n) is 7.04. The van der Waals surface area contributed by atoms with Gasteiger partial charge in [-0.1, -0.05) is 6.07 Å². The Morgan fingerprint density at radius 1 is 1.06 bits per heavy atom. The lowest BCUT2D eigenvalue weighted by molar-refractivity contribution is 0.0218. The molecule has 4 aromatic heterocycles. The highest BCUT2D eigenvalue weighted by Crippen LogP contribution is 2.48. The molecule has 0 spiro atoms. The van der Waals surface area contributed by atoms with E-state index in [1.165, 1.54) is 18.9 Å². The summed E-state index contributed by atoms with van der Waals surface area (Å²) in [6.45, 7) is 6.26. The van der Waals surface area contributed by atoms with Crippen molar-refractivity contribution in [1.82, 2.24) is 34.4 Å². The van der Waals surface area contributed by atoms with E-state index in [2.05, 4.69) is 31.7 Å². The van der Waals surface area contributed by atoms with Crippen LogP contribution < -0.4 is 4.74 Å². The van der Waals surface area contributed by atoms with Gasteiger partial charge in [-0.3, -0.25) is 9.47 Å². The largest absolute Gasteiger partial charge is 0.464 e. The average molecular weight is 678 g/mol. The second kappa shape index (κ2) is 11.3. The molecule has 10 nitrogen and oxygen atoms in total. The first kappa shape index (κ1) is 30.1. The summed E-state index contributed by atoms with van der Waals surface area (Å²) < 4.78 is 30.6. The lowest BCUT2D eigenvalue weighted by atomic mass is 10.0. The molecule has 2 aromatic carbocycles. The number of hydrogen-bond acceptors (Lipinski definition) is 7. The number of nitrogens with zero attached hydrogens (tertiary/aromatic N) is 5. The first-order valence-electron chi connectivity index (χ1n) is 16.8. The second-order valence-electron chi connectivity index (χ2n) is 14.3. The van der Waals surface area contributed by atoms with E-state index in [1.807, 2.05) is 51.4 Å². The SMILES string of the molecule is CC(C)(C)OC(=O)N1CCCC1c1ncc(-c2ccc3c(c2)cc2n3C(c3cnc(CC4CC4)s3)Oc3cc(-c4cnc[nH]4)cc(F)c3-2)[nH]1. The smallest absolute Gasteiger partial charge is 0.410 e. The maximum absolute atomic E-state index is 16.1. The molecule has 1 aliphatic carbocycles. The molecule has 3 aliphatic rings. The van der Waals surface area contributed by atoms with Crippen molar-refractivity contribution < 1.29 is 18.7 Å². The highest BCUT2D eigenvalue weighted by atomic mass is 32.1. The van der Waals surface area contributed by atoms with Gasteiger partial charge in [0.1, 0.15) is 23.0 Å². The number of thiazole rings is 1. The van der Waals surface area contributed by atoms with Crippen molar-refractivity contribution in [2.45, 2.75) is 70.7 Å².